The van der Waals surface area contributed by atoms with Gasteiger partial charge in [0.25, 0.3) is 11.8 Å². The third-order valence-corrected chi connectivity index (χ3v) is 7.29. The minimum Gasteiger partial charge on any atom is -0.463 e. The molecule has 0 radical (unpaired) electrons. The summed E-state index contributed by atoms with van der Waals surface area (Å²) in [4.78, 5) is 56.4. The first-order chi connectivity index (χ1) is 25.3. The molecule has 3 aromatic carbocycles. The molecule has 266 valence electrons. The van der Waals surface area contributed by atoms with E-state index in [0.717, 1.165) is 12.2 Å². The Kier molecular flexibility index (Phi) is 12.9. The van der Waals surface area contributed by atoms with E-state index in [9.17, 15) is 19.2 Å². The fourth-order valence-corrected chi connectivity index (χ4v) is 4.64. The molecule has 0 N–H and O–H groups in total. The molecule has 5 rings (SSSR count). The maximum atomic E-state index is 12.6. The predicted molar refractivity (Wildman–Crippen MR) is 185 cm³/mol. The number of unbranched alkanes of at least 4 members (excludes halogenated alkanes) is 2. The number of hydrogen-bond acceptors (Lipinski definition) is 14. The lowest BCUT2D eigenvalue weighted by molar-refractivity contribution is -0.138. The van der Waals surface area contributed by atoms with E-state index in [-0.39, 0.29) is 49.9 Å². The molecule has 0 unspecified atom stereocenters. The number of aromatic nitrogens is 4. The average Bonchev–Trinajstić information content (AvgIpc) is 3.89. The van der Waals surface area contributed by atoms with Gasteiger partial charge < -0.3 is 28.0 Å². The molecule has 0 saturated carbocycles. The first-order valence-electron chi connectivity index (χ1n) is 16.3. The van der Waals surface area contributed by atoms with Crippen molar-refractivity contribution < 1.29 is 47.2 Å². The van der Waals surface area contributed by atoms with Gasteiger partial charge >= 0.3 is 23.9 Å². The fraction of sp³-hybridized carbons (Fsp3) is 0.211. The molecule has 14 heteroatoms. The molecule has 0 atom stereocenters. The van der Waals surface area contributed by atoms with Crippen molar-refractivity contribution in [3.8, 4) is 45.7 Å². The van der Waals surface area contributed by atoms with E-state index >= 15 is 0 Å². The zero-order valence-electron chi connectivity index (χ0n) is 28.0. The van der Waals surface area contributed by atoms with Crippen molar-refractivity contribution in [2.75, 3.05) is 26.4 Å². The predicted octanol–water partition coefficient (Wildman–Crippen LogP) is 6.45. The zero-order chi connectivity index (χ0) is 36.7. The number of hydrogen-bond donors (Lipinski definition) is 0. The SMILES string of the molecule is C=CC(=O)OCCCCOC(=O)c1cccc(-c2noc(-c3cccc(-c4nc(-c5cccc(C(=O)OCCCCOC(=O)C=C)c5)no4)c3)n2)c1. The molecular weight excluding hydrogens is 672 g/mol. The van der Waals surface area contributed by atoms with Crippen molar-refractivity contribution in [2.24, 2.45) is 0 Å². The molecule has 0 spiro atoms. The summed E-state index contributed by atoms with van der Waals surface area (Å²) in [6.45, 7) is 7.44. The van der Waals surface area contributed by atoms with Gasteiger partial charge in [0.2, 0.25) is 11.6 Å². The molecule has 0 aliphatic rings. The van der Waals surface area contributed by atoms with Gasteiger partial charge in [-0.3, -0.25) is 0 Å². The average molecular weight is 707 g/mol. The smallest absolute Gasteiger partial charge is 0.338 e. The molecule has 0 bridgehead atoms. The quantitative estimate of drug-likeness (QED) is 0.0419. The Morgan fingerprint density at radius 2 is 0.923 bits per heavy atom. The zero-order valence-corrected chi connectivity index (χ0v) is 28.0. The van der Waals surface area contributed by atoms with E-state index < -0.39 is 23.9 Å². The van der Waals surface area contributed by atoms with E-state index in [2.05, 4.69) is 33.4 Å². The highest BCUT2D eigenvalue weighted by atomic mass is 16.5. The van der Waals surface area contributed by atoms with Crippen molar-refractivity contribution in [3.05, 3.63) is 109 Å². The van der Waals surface area contributed by atoms with Gasteiger partial charge in [0, 0.05) is 34.4 Å². The van der Waals surface area contributed by atoms with Crippen LogP contribution < -0.4 is 0 Å². The van der Waals surface area contributed by atoms with Gasteiger partial charge in [-0.05, 0) is 68.1 Å². The van der Waals surface area contributed by atoms with Gasteiger partial charge in [-0.15, -0.1) is 0 Å². The highest BCUT2D eigenvalue weighted by molar-refractivity contribution is 5.91. The van der Waals surface area contributed by atoms with Crippen molar-refractivity contribution >= 4 is 23.9 Å². The van der Waals surface area contributed by atoms with Crippen LogP contribution in [0.3, 0.4) is 0 Å². The minimum atomic E-state index is -0.510. The Labute approximate surface area is 298 Å². The van der Waals surface area contributed by atoms with Crippen molar-refractivity contribution in [3.63, 3.8) is 0 Å². The lowest BCUT2D eigenvalue weighted by atomic mass is 10.1. The normalized spacial score (nSPS) is 10.6. The molecule has 0 aliphatic heterocycles. The Balaban J connectivity index is 1.18. The number of rotatable bonds is 18. The van der Waals surface area contributed by atoms with Gasteiger partial charge in [0.05, 0.1) is 37.6 Å². The Morgan fingerprint density at radius 3 is 1.35 bits per heavy atom. The van der Waals surface area contributed by atoms with Crippen molar-refractivity contribution in [1.29, 1.82) is 0 Å². The van der Waals surface area contributed by atoms with Gasteiger partial charge in [0.1, 0.15) is 0 Å². The standard InChI is InChI=1S/C38H34N4O10/c1-3-31(43)47-18-5-7-20-49-37(45)29-16-9-12-25(22-29)33-39-35(51-41-33)27-14-11-15-28(24-27)36-40-34(42-52-36)26-13-10-17-30(23-26)38(46)50-21-8-6-19-48-32(44)4-2/h3-4,9-17,22-24H,1-2,5-8,18-21H2. The summed E-state index contributed by atoms with van der Waals surface area (Å²) in [5, 5.41) is 8.19. The summed E-state index contributed by atoms with van der Waals surface area (Å²) < 4.78 is 31.6. The van der Waals surface area contributed by atoms with Crippen LogP contribution in [0.2, 0.25) is 0 Å². The highest BCUT2D eigenvalue weighted by Crippen LogP contribution is 2.28. The maximum Gasteiger partial charge on any atom is 0.338 e. The summed E-state index contributed by atoms with van der Waals surface area (Å²) in [6.07, 6.45) is 4.33. The first kappa shape index (κ1) is 36.6. The molecule has 2 aromatic heterocycles. The van der Waals surface area contributed by atoms with Gasteiger partial charge in [-0.25, -0.2) is 19.2 Å². The molecule has 0 fully saturated rings. The number of esters is 4. The number of ether oxygens (including phenoxy) is 4. The highest BCUT2D eigenvalue weighted by Gasteiger charge is 2.17. The van der Waals surface area contributed by atoms with E-state index in [1.165, 1.54) is 0 Å². The number of carbonyl (C=O) groups excluding carboxylic acids is 4. The lowest BCUT2D eigenvalue weighted by Crippen LogP contribution is -2.08. The van der Waals surface area contributed by atoms with Crippen LogP contribution in [0.25, 0.3) is 45.7 Å². The van der Waals surface area contributed by atoms with Gasteiger partial charge in [0.15, 0.2) is 0 Å². The van der Waals surface area contributed by atoms with Crippen LogP contribution in [0.5, 0.6) is 0 Å². The summed E-state index contributed by atoms with van der Waals surface area (Å²) in [5.41, 5.74) is 2.92. The summed E-state index contributed by atoms with van der Waals surface area (Å²) in [7, 11) is 0. The van der Waals surface area contributed by atoms with Crippen LogP contribution >= 0.6 is 0 Å². The van der Waals surface area contributed by atoms with Crippen LogP contribution in [-0.4, -0.2) is 70.6 Å². The van der Waals surface area contributed by atoms with Gasteiger partial charge in [-0.1, -0.05) is 53.8 Å². The maximum absolute atomic E-state index is 12.6. The molecular formula is C38H34N4O10. The molecule has 0 aliphatic carbocycles. The van der Waals surface area contributed by atoms with E-state index in [4.69, 9.17) is 28.0 Å². The minimum absolute atomic E-state index is 0.167. The topological polar surface area (TPSA) is 183 Å². The molecule has 0 saturated heterocycles. The second-order valence-electron chi connectivity index (χ2n) is 11.0. The van der Waals surface area contributed by atoms with Crippen molar-refractivity contribution in [2.45, 2.75) is 25.7 Å². The Bertz CT molecular complexity index is 1910. The second-order valence-corrected chi connectivity index (χ2v) is 11.0. The summed E-state index contributed by atoms with van der Waals surface area (Å²) >= 11 is 0. The molecule has 2 heterocycles. The molecule has 5 aromatic rings. The number of benzene rings is 3. The van der Waals surface area contributed by atoms with E-state index in [0.29, 0.717) is 59.1 Å². The molecule has 0 amide bonds. The largest absolute Gasteiger partial charge is 0.463 e. The third-order valence-electron chi connectivity index (χ3n) is 7.29. The molecule has 14 nitrogen and oxygen atoms in total. The second kappa shape index (κ2) is 18.3. The summed E-state index contributed by atoms with van der Waals surface area (Å²) in [5.74, 6) is -1.02. The summed E-state index contributed by atoms with van der Waals surface area (Å²) in [6, 6.07) is 20.5. The number of nitrogens with zero attached hydrogens (tertiary/aromatic N) is 4. The van der Waals surface area contributed by atoms with Crippen LogP contribution in [0.15, 0.2) is 107 Å². The third kappa shape index (κ3) is 10.2. The Morgan fingerprint density at radius 1 is 0.538 bits per heavy atom. The molecule has 52 heavy (non-hydrogen) atoms. The number of carbonyl (C=O) groups is 4. The van der Waals surface area contributed by atoms with Gasteiger partial charge in [-0.2, -0.15) is 9.97 Å². The first-order valence-corrected chi connectivity index (χ1v) is 16.3. The lowest BCUT2D eigenvalue weighted by Gasteiger charge is -2.06. The van der Waals surface area contributed by atoms with E-state index in [1.807, 2.05) is 0 Å². The van der Waals surface area contributed by atoms with Crippen LogP contribution in [0.4, 0.5) is 0 Å². The van der Waals surface area contributed by atoms with Crippen LogP contribution in [-0.2, 0) is 28.5 Å². The van der Waals surface area contributed by atoms with Crippen LogP contribution in [0, 0.1) is 0 Å². The van der Waals surface area contributed by atoms with E-state index in [1.54, 1.807) is 72.8 Å². The monoisotopic (exact) mass is 706 g/mol. The van der Waals surface area contributed by atoms with Crippen LogP contribution in [0.1, 0.15) is 46.4 Å². The Hall–Kier alpha value is -6.70. The van der Waals surface area contributed by atoms with Crippen molar-refractivity contribution in [1.82, 2.24) is 20.3 Å². The fourth-order valence-electron chi connectivity index (χ4n) is 4.64.